The summed E-state index contributed by atoms with van der Waals surface area (Å²) >= 11 is -1.72. The summed E-state index contributed by atoms with van der Waals surface area (Å²) in [6.07, 6.45) is 3.24. The molecule has 0 aromatic carbocycles. The van der Waals surface area contributed by atoms with Gasteiger partial charge in [-0.25, -0.2) is 4.21 Å². The van der Waals surface area contributed by atoms with E-state index in [1.54, 1.807) is 0 Å². The molecule has 0 amide bonds. The minimum Gasteiger partial charge on any atom is -0.327 e. The van der Waals surface area contributed by atoms with Crippen molar-refractivity contribution in [2.75, 3.05) is 5.75 Å². The van der Waals surface area contributed by atoms with Crippen LogP contribution in [-0.4, -0.2) is 20.6 Å². The monoisotopic (exact) mass is 217 g/mol. The fourth-order valence-electron chi connectivity index (χ4n) is 3.71. The normalized spacial score (nSPS) is 46.9. The molecular weight excluding hydrogens is 198 g/mol. The molecule has 2 bridgehead atoms. The van der Waals surface area contributed by atoms with Gasteiger partial charge in [-0.1, -0.05) is 13.8 Å². The second kappa shape index (κ2) is 3.03. The van der Waals surface area contributed by atoms with E-state index in [1.807, 2.05) is 0 Å². The Labute approximate surface area is 87.7 Å². The van der Waals surface area contributed by atoms with Gasteiger partial charge >= 0.3 is 0 Å². The zero-order valence-electron chi connectivity index (χ0n) is 8.82. The van der Waals surface area contributed by atoms with Gasteiger partial charge in [0.1, 0.15) is 0 Å². The lowest BCUT2D eigenvalue weighted by molar-refractivity contribution is 0.139. The molecule has 2 saturated carbocycles. The van der Waals surface area contributed by atoms with Gasteiger partial charge in [-0.2, -0.15) is 0 Å². The number of nitrogens with two attached hydrogens (primary N) is 1. The maximum absolute atomic E-state index is 11.0. The Bertz CT molecular complexity index is 279. The van der Waals surface area contributed by atoms with E-state index in [-0.39, 0.29) is 16.9 Å². The van der Waals surface area contributed by atoms with Crippen LogP contribution in [0.25, 0.3) is 0 Å². The quantitative estimate of drug-likeness (QED) is 0.686. The van der Waals surface area contributed by atoms with E-state index < -0.39 is 11.1 Å². The highest BCUT2D eigenvalue weighted by molar-refractivity contribution is 7.79. The fourth-order valence-corrected chi connectivity index (χ4v) is 4.89. The number of hydrogen-bond acceptors (Lipinski definition) is 2. The van der Waals surface area contributed by atoms with Crippen molar-refractivity contribution in [2.24, 2.45) is 22.5 Å². The molecule has 0 saturated heterocycles. The van der Waals surface area contributed by atoms with Crippen LogP contribution in [-0.2, 0) is 11.1 Å². The standard InChI is InChI=1S/C10H19NO2S/c1-9(2)7-3-4-10(9,6-14(12)13)8(11)5-7/h7-8H,3-6,11H2,1-2H3,(H,12,13)/t7?,8-,10-/m1/s1. The average Bonchev–Trinajstić information content (AvgIpc) is 2.36. The molecule has 4 atom stereocenters. The first-order valence-corrected chi connectivity index (χ1v) is 6.51. The molecule has 2 aliphatic rings. The van der Waals surface area contributed by atoms with Crippen LogP contribution in [0.3, 0.4) is 0 Å². The van der Waals surface area contributed by atoms with Gasteiger partial charge in [-0.3, -0.25) is 0 Å². The topological polar surface area (TPSA) is 63.3 Å². The molecule has 0 heterocycles. The van der Waals surface area contributed by atoms with Crippen molar-refractivity contribution in [1.29, 1.82) is 0 Å². The summed E-state index contributed by atoms with van der Waals surface area (Å²) in [5.74, 6) is 1.01. The van der Waals surface area contributed by atoms with Crippen molar-refractivity contribution in [3.63, 3.8) is 0 Å². The van der Waals surface area contributed by atoms with Crippen LogP contribution in [0.2, 0.25) is 0 Å². The van der Waals surface area contributed by atoms with Crippen LogP contribution in [0.4, 0.5) is 0 Å². The van der Waals surface area contributed by atoms with Gasteiger partial charge in [-0.15, -0.1) is 0 Å². The predicted octanol–water partition coefficient (Wildman–Crippen LogP) is 1.36. The molecule has 14 heavy (non-hydrogen) atoms. The van der Waals surface area contributed by atoms with Crippen molar-refractivity contribution in [2.45, 2.75) is 39.2 Å². The summed E-state index contributed by atoms with van der Waals surface area (Å²) in [6, 6.07) is 0.118. The Balaban J connectivity index is 2.34. The third kappa shape index (κ3) is 1.14. The van der Waals surface area contributed by atoms with Crippen molar-refractivity contribution in [3.8, 4) is 0 Å². The van der Waals surface area contributed by atoms with Crippen molar-refractivity contribution >= 4 is 11.1 Å². The van der Waals surface area contributed by atoms with E-state index in [2.05, 4.69) is 13.8 Å². The zero-order valence-corrected chi connectivity index (χ0v) is 9.64. The second-order valence-electron chi connectivity index (χ2n) is 5.42. The SMILES string of the molecule is CC1(C)C2CC[C@@]1(CS(=O)O)[C@H](N)C2. The van der Waals surface area contributed by atoms with Crippen LogP contribution in [0.5, 0.6) is 0 Å². The van der Waals surface area contributed by atoms with Gasteiger partial charge in [0.15, 0.2) is 11.1 Å². The third-order valence-corrected chi connectivity index (χ3v) is 5.63. The Morgan fingerprint density at radius 2 is 2.21 bits per heavy atom. The van der Waals surface area contributed by atoms with Gasteiger partial charge < -0.3 is 10.3 Å². The molecule has 0 aromatic heterocycles. The number of fused-ring (bicyclic) bond motifs is 2. The van der Waals surface area contributed by atoms with E-state index in [1.165, 1.54) is 6.42 Å². The Hall–Kier alpha value is 0.0700. The van der Waals surface area contributed by atoms with E-state index >= 15 is 0 Å². The van der Waals surface area contributed by atoms with E-state index in [0.717, 1.165) is 12.8 Å². The van der Waals surface area contributed by atoms with E-state index in [4.69, 9.17) is 10.3 Å². The van der Waals surface area contributed by atoms with Gasteiger partial charge in [0.25, 0.3) is 0 Å². The summed E-state index contributed by atoms with van der Waals surface area (Å²) in [7, 11) is 0. The van der Waals surface area contributed by atoms with Crippen LogP contribution >= 0.6 is 0 Å². The summed E-state index contributed by atoms with van der Waals surface area (Å²) in [4.78, 5) is 0. The van der Waals surface area contributed by atoms with Gasteiger partial charge in [-0.05, 0) is 30.6 Å². The third-order valence-electron chi connectivity index (χ3n) is 4.87. The van der Waals surface area contributed by atoms with E-state index in [0.29, 0.717) is 11.7 Å². The summed E-state index contributed by atoms with van der Waals surface area (Å²) < 4.78 is 20.1. The maximum Gasteiger partial charge on any atom is 0.153 e. The van der Waals surface area contributed by atoms with Crippen molar-refractivity contribution in [1.82, 2.24) is 0 Å². The molecule has 2 unspecified atom stereocenters. The van der Waals surface area contributed by atoms with Crippen molar-refractivity contribution < 1.29 is 8.76 Å². The number of hydrogen-bond donors (Lipinski definition) is 2. The van der Waals surface area contributed by atoms with Crippen LogP contribution in [0.1, 0.15) is 33.1 Å². The molecule has 2 fully saturated rings. The molecule has 3 N–H and O–H groups in total. The molecule has 3 nitrogen and oxygen atoms in total. The average molecular weight is 217 g/mol. The van der Waals surface area contributed by atoms with E-state index in [9.17, 15) is 4.21 Å². The maximum atomic E-state index is 11.0. The van der Waals surface area contributed by atoms with Crippen LogP contribution in [0, 0.1) is 16.7 Å². The molecule has 0 spiro atoms. The lowest BCUT2D eigenvalue weighted by Crippen LogP contribution is -2.47. The highest BCUT2D eigenvalue weighted by Crippen LogP contribution is 2.65. The lowest BCUT2D eigenvalue weighted by atomic mass is 9.69. The number of rotatable bonds is 2. The molecule has 0 aromatic rings. The highest BCUT2D eigenvalue weighted by Gasteiger charge is 2.63. The fraction of sp³-hybridized carbons (Fsp3) is 1.00. The molecule has 82 valence electrons. The predicted molar refractivity (Wildman–Crippen MR) is 57.2 cm³/mol. The minimum absolute atomic E-state index is 0.0860. The Morgan fingerprint density at radius 3 is 2.57 bits per heavy atom. The van der Waals surface area contributed by atoms with Gasteiger partial charge in [0.2, 0.25) is 0 Å². The minimum atomic E-state index is -1.72. The molecule has 2 aliphatic carbocycles. The first-order chi connectivity index (χ1) is 6.40. The Kier molecular flexibility index (Phi) is 2.29. The second-order valence-corrected chi connectivity index (χ2v) is 6.35. The summed E-state index contributed by atoms with van der Waals surface area (Å²) in [5.41, 5.74) is 6.19. The molecule has 0 aliphatic heterocycles. The summed E-state index contributed by atoms with van der Waals surface area (Å²) in [5, 5.41) is 0. The highest BCUT2D eigenvalue weighted by atomic mass is 32.2. The first kappa shape index (κ1) is 10.6. The Morgan fingerprint density at radius 1 is 1.57 bits per heavy atom. The molecule has 0 radical (unpaired) electrons. The zero-order chi connectivity index (χ0) is 10.6. The smallest absolute Gasteiger partial charge is 0.153 e. The van der Waals surface area contributed by atoms with Gasteiger partial charge in [0, 0.05) is 11.5 Å². The lowest BCUT2D eigenvalue weighted by Gasteiger charge is -2.40. The van der Waals surface area contributed by atoms with Crippen LogP contribution in [0.15, 0.2) is 0 Å². The molecule has 2 rings (SSSR count). The molecule has 4 heteroatoms. The van der Waals surface area contributed by atoms with Crippen LogP contribution < -0.4 is 5.73 Å². The van der Waals surface area contributed by atoms with Gasteiger partial charge in [0.05, 0.1) is 5.75 Å². The van der Waals surface area contributed by atoms with Crippen molar-refractivity contribution in [3.05, 3.63) is 0 Å². The molecular formula is C10H19NO2S. The first-order valence-electron chi connectivity index (χ1n) is 5.23. The largest absolute Gasteiger partial charge is 0.327 e. The summed E-state index contributed by atoms with van der Waals surface area (Å²) in [6.45, 7) is 4.43.